The molecular weight excluding hydrogens is 222 g/mol. The molecule has 17 heavy (non-hydrogen) atoms. The highest BCUT2D eigenvalue weighted by molar-refractivity contribution is 5.69. The molecule has 0 amide bonds. The molecule has 0 aliphatic heterocycles. The standard InChI is InChI=1S/C12H17NO4/c1-3-13(8-12(15)16)7-9-4-5-10(17-2)6-11(9)14/h4-6,14H,3,7-8H2,1-2H3,(H,15,16). The van der Waals surface area contributed by atoms with Crippen LogP contribution in [0.4, 0.5) is 0 Å². The van der Waals surface area contributed by atoms with Crippen LogP contribution in [0, 0.1) is 0 Å². The van der Waals surface area contributed by atoms with E-state index in [-0.39, 0.29) is 12.3 Å². The average molecular weight is 239 g/mol. The second kappa shape index (κ2) is 6.10. The van der Waals surface area contributed by atoms with Gasteiger partial charge in [0, 0.05) is 18.2 Å². The Hall–Kier alpha value is -1.75. The number of ether oxygens (including phenoxy) is 1. The Bertz CT molecular complexity index is 392. The van der Waals surface area contributed by atoms with Gasteiger partial charge in [-0.2, -0.15) is 0 Å². The molecule has 0 atom stereocenters. The van der Waals surface area contributed by atoms with Crippen molar-refractivity contribution in [2.24, 2.45) is 0 Å². The lowest BCUT2D eigenvalue weighted by Gasteiger charge is -2.18. The first-order valence-corrected chi connectivity index (χ1v) is 5.36. The summed E-state index contributed by atoms with van der Waals surface area (Å²) in [4.78, 5) is 12.3. The number of phenolic OH excluding ortho intramolecular Hbond substituents is 1. The first-order valence-electron chi connectivity index (χ1n) is 5.36. The van der Waals surface area contributed by atoms with Crippen molar-refractivity contribution in [3.05, 3.63) is 23.8 Å². The molecule has 0 saturated carbocycles. The largest absolute Gasteiger partial charge is 0.507 e. The van der Waals surface area contributed by atoms with E-state index in [1.54, 1.807) is 17.0 Å². The van der Waals surface area contributed by atoms with E-state index in [0.717, 1.165) is 0 Å². The number of nitrogens with zero attached hydrogens (tertiary/aromatic N) is 1. The number of rotatable bonds is 6. The Morgan fingerprint density at radius 2 is 2.18 bits per heavy atom. The Kier molecular flexibility index (Phi) is 4.78. The lowest BCUT2D eigenvalue weighted by atomic mass is 10.1. The topological polar surface area (TPSA) is 70.0 Å². The summed E-state index contributed by atoms with van der Waals surface area (Å²) in [5, 5.41) is 18.5. The zero-order valence-corrected chi connectivity index (χ0v) is 10.0. The fourth-order valence-corrected chi connectivity index (χ4v) is 1.52. The van der Waals surface area contributed by atoms with Gasteiger partial charge in [0.2, 0.25) is 0 Å². The molecular formula is C12H17NO4. The summed E-state index contributed by atoms with van der Waals surface area (Å²) in [7, 11) is 1.53. The number of aliphatic carboxylic acids is 1. The number of benzene rings is 1. The summed E-state index contributed by atoms with van der Waals surface area (Å²) in [5.74, 6) is -0.180. The number of aromatic hydroxyl groups is 1. The van der Waals surface area contributed by atoms with Gasteiger partial charge in [-0.1, -0.05) is 13.0 Å². The molecule has 2 N–H and O–H groups in total. The van der Waals surface area contributed by atoms with E-state index in [2.05, 4.69) is 0 Å². The first-order chi connectivity index (χ1) is 8.06. The molecule has 0 bridgehead atoms. The third-order valence-electron chi connectivity index (χ3n) is 2.49. The Morgan fingerprint density at radius 1 is 1.47 bits per heavy atom. The molecule has 0 fully saturated rings. The molecule has 0 saturated heterocycles. The van der Waals surface area contributed by atoms with Crippen LogP contribution < -0.4 is 4.74 Å². The maximum atomic E-state index is 10.6. The van der Waals surface area contributed by atoms with E-state index in [1.165, 1.54) is 13.2 Å². The highest BCUT2D eigenvalue weighted by Gasteiger charge is 2.11. The van der Waals surface area contributed by atoms with Crippen LogP contribution in [0.5, 0.6) is 11.5 Å². The lowest BCUT2D eigenvalue weighted by Crippen LogP contribution is -2.29. The van der Waals surface area contributed by atoms with Gasteiger partial charge in [-0.25, -0.2) is 0 Å². The number of hydrogen-bond acceptors (Lipinski definition) is 4. The molecule has 1 rings (SSSR count). The predicted octanol–water partition coefficient (Wildman–Crippen LogP) is 1.31. The van der Waals surface area contributed by atoms with Crippen LogP contribution in [0.15, 0.2) is 18.2 Å². The average Bonchev–Trinajstić information content (AvgIpc) is 2.29. The SMILES string of the molecule is CCN(CC(=O)O)Cc1ccc(OC)cc1O. The van der Waals surface area contributed by atoms with Crippen LogP contribution in [0.2, 0.25) is 0 Å². The third kappa shape index (κ3) is 3.96. The molecule has 0 radical (unpaired) electrons. The molecule has 0 heterocycles. The van der Waals surface area contributed by atoms with E-state index in [0.29, 0.717) is 24.4 Å². The summed E-state index contributed by atoms with van der Waals surface area (Å²) in [6, 6.07) is 4.99. The summed E-state index contributed by atoms with van der Waals surface area (Å²) >= 11 is 0. The highest BCUT2D eigenvalue weighted by atomic mass is 16.5. The van der Waals surface area contributed by atoms with Crippen LogP contribution in [0.1, 0.15) is 12.5 Å². The smallest absolute Gasteiger partial charge is 0.317 e. The minimum atomic E-state index is -0.875. The van der Waals surface area contributed by atoms with E-state index < -0.39 is 5.97 Å². The maximum Gasteiger partial charge on any atom is 0.317 e. The van der Waals surface area contributed by atoms with E-state index >= 15 is 0 Å². The van der Waals surface area contributed by atoms with Crippen LogP contribution in [0.25, 0.3) is 0 Å². The van der Waals surface area contributed by atoms with Crippen molar-refractivity contribution in [3.63, 3.8) is 0 Å². The number of carboxylic acids is 1. The molecule has 1 aromatic rings. The van der Waals surface area contributed by atoms with Crippen molar-refractivity contribution in [2.45, 2.75) is 13.5 Å². The van der Waals surface area contributed by atoms with E-state index in [1.807, 2.05) is 6.92 Å². The van der Waals surface area contributed by atoms with E-state index in [9.17, 15) is 9.90 Å². The first kappa shape index (κ1) is 13.3. The minimum Gasteiger partial charge on any atom is -0.507 e. The third-order valence-corrected chi connectivity index (χ3v) is 2.49. The quantitative estimate of drug-likeness (QED) is 0.783. The van der Waals surface area contributed by atoms with Gasteiger partial charge >= 0.3 is 5.97 Å². The van der Waals surface area contributed by atoms with Crippen molar-refractivity contribution < 1.29 is 19.7 Å². The van der Waals surface area contributed by atoms with Crippen LogP contribution >= 0.6 is 0 Å². The van der Waals surface area contributed by atoms with Crippen molar-refractivity contribution >= 4 is 5.97 Å². The van der Waals surface area contributed by atoms with E-state index in [4.69, 9.17) is 9.84 Å². The fourth-order valence-electron chi connectivity index (χ4n) is 1.52. The van der Waals surface area contributed by atoms with Crippen molar-refractivity contribution in [2.75, 3.05) is 20.2 Å². The number of phenols is 1. The monoisotopic (exact) mass is 239 g/mol. The van der Waals surface area contributed by atoms with Gasteiger partial charge in [0.1, 0.15) is 11.5 Å². The molecule has 0 spiro atoms. The lowest BCUT2D eigenvalue weighted by molar-refractivity contribution is -0.138. The zero-order chi connectivity index (χ0) is 12.8. The fraction of sp³-hybridized carbons (Fsp3) is 0.417. The number of likely N-dealkylation sites (N-methyl/N-ethyl adjacent to an activating group) is 1. The van der Waals surface area contributed by atoms with Crippen molar-refractivity contribution in [1.29, 1.82) is 0 Å². The number of hydrogen-bond donors (Lipinski definition) is 2. The van der Waals surface area contributed by atoms with Gasteiger partial charge in [0.15, 0.2) is 0 Å². The Balaban J connectivity index is 2.75. The van der Waals surface area contributed by atoms with Gasteiger partial charge in [-0.05, 0) is 12.6 Å². The molecule has 5 heteroatoms. The summed E-state index contributed by atoms with van der Waals surface area (Å²) in [5.41, 5.74) is 0.689. The maximum absolute atomic E-state index is 10.6. The van der Waals surface area contributed by atoms with Crippen LogP contribution in [-0.2, 0) is 11.3 Å². The summed E-state index contributed by atoms with van der Waals surface area (Å²) in [6.45, 7) is 2.85. The molecule has 0 aromatic heterocycles. The Labute approximate surface area is 100 Å². The molecule has 1 aromatic carbocycles. The van der Waals surface area contributed by atoms with Crippen molar-refractivity contribution in [3.8, 4) is 11.5 Å². The summed E-state index contributed by atoms with van der Waals surface area (Å²) in [6.07, 6.45) is 0. The minimum absolute atomic E-state index is 0.0397. The second-order valence-corrected chi connectivity index (χ2v) is 3.69. The predicted molar refractivity (Wildman–Crippen MR) is 63.2 cm³/mol. The summed E-state index contributed by atoms with van der Waals surface area (Å²) < 4.78 is 4.98. The normalized spacial score (nSPS) is 10.5. The zero-order valence-electron chi connectivity index (χ0n) is 10.0. The van der Waals surface area contributed by atoms with Gasteiger partial charge in [-0.3, -0.25) is 9.69 Å². The van der Waals surface area contributed by atoms with Gasteiger partial charge in [-0.15, -0.1) is 0 Å². The van der Waals surface area contributed by atoms with Crippen LogP contribution in [-0.4, -0.2) is 41.3 Å². The molecule has 0 aliphatic carbocycles. The molecule has 94 valence electrons. The highest BCUT2D eigenvalue weighted by Crippen LogP contribution is 2.24. The Morgan fingerprint density at radius 3 is 2.65 bits per heavy atom. The molecule has 0 aliphatic rings. The van der Waals surface area contributed by atoms with Gasteiger partial charge in [0.05, 0.1) is 13.7 Å². The second-order valence-electron chi connectivity index (χ2n) is 3.69. The van der Waals surface area contributed by atoms with Crippen LogP contribution in [0.3, 0.4) is 0 Å². The van der Waals surface area contributed by atoms with Gasteiger partial charge < -0.3 is 14.9 Å². The number of carbonyl (C=O) groups is 1. The molecule has 0 unspecified atom stereocenters. The number of methoxy groups -OCH3 is 1. The van der Waals surface area contributed by atoms with Crippen molar-refractivity contribution in [1.82, 2.24) is 4.90 Å². The number of carboxylic acid groups (broad SMARTS) is 1. The van der Waals surface area contributed by atoms with Gasteiger partial charge in [0.25, 0.3) is 0 Å². The molecule has 5 nitrogen and oxygen atoms in total.